The van der Waals surface area contributed by atoms with Crippen molar-refractivity contribution in [1.29, 1.82) is 0 Å². The Morgan fingerprint density at radius 1 is 1.22 bits per heavy atom. The predicted molar refractivity (Wildman–Crippen MR) is 125 cm³/mol. The van der Waals surface area contributed by atoms with Gasteiger partial charge in [0.25, 0.3) is 5.56 Å². The second-order valence-corrected chi connectivity index (χ2v) is 15.0. The molecule has 0 unspecified atom stereocenters. The van der Waals surface area contributed by atoms with Crippen LogP contribution < -0.4 is 11.2 Å². The van der Waals surface area contributed by atoms with Gasteiger partial charge in [0, 0.05) is 11.8 Å². The van der Waals surface area contributed by atoms with Crippen LogP contribution >= 0.6 is 0 Å². The van der Waals surface area contributed by atoms with Crippen molar-refractivity contribution in [3.05, 3.63) is 56.4 Å². The summed E-state index contributed by atoms with van der Waals surface area (Å²) in [5, 5.41) is 19.6. The molecule has 1 saturated heterocycles. The number of rotatable bonds is 6. The fourth-order valence-corrected chi connectivity index (χ4v) is 4.67. The summed E-state index contributed by atoms with van der Waals surface area (Å²) < 4.78 is 14.2. The summed E-state index contributed by atoms with van der Waals surface area (Å²) in [7, 11) is -2.01. The van der Waals surface area contributed by atoms with Gasteiger partial charge in [-0.15, -0.1) is 0 Å². The van der Waals surface area contributed by atoms with Gasteiger partial charge in [-0.1, -0.05) is 26.8 Å². The van der Waals surface area contributed by atoms with Gasteiger partial charge >= 0.3 is 5.69 Å². The zero-order chi connectivity index (χ0) is 23.8. The van der Waals surface area contributed by atoms with Crippen molar-refractivity contribution in [2.45, 2.75) is 71.0 Å². The first-order valence-electron chi connectivity index (χ1n) is 10.9. The van der Waals surface area contributed by atoms with Crippen LogP contribution in [0.1, 0.15) is 44.5 Å². The fourth-order valence-electron chi connectivity index (χ4n) is 3.65. The number of ether oxygens (including phenoxy) is 1. The Morgan fingerprint density at radius 2 is 1.91 bits per heavy atom. The average Bonchev–Trinajstić information content (AvgIpc) is 3.07. The monoisotopic (exact) mass is 462 g/mol. The normalized spacial score (nSPS) is 21.8. The van der Waals surface area contributed by atoms with Crippen LogP contribution in [0.3, 0.4) is 0 Å². The Kier molecular flexibility index (Phi) is 6.74. The molecule has 1 aromatic carbocycles. The van der Waals surface area contributed by atoms with E-state index in [2.05, 4.69) is 38.8 Å². The summed E-state index contributed by atoms with van der Waals surface area (Å²) in [6, 6.07) is 4.78. The highest BCUT2D eigenvalue weighted by Crippen LogP contribution is 2.40. The molecule has 3 N–H and O–H groups in total. The number of nitrogens with zero attached hydrogens (tertiary/aromatic N) is 1. The Labute approximate surface area is 189 Å². The first-order valence-corrected chi connectivity index (χ1v) is 13.8. The van der Waals surface area contributed by atoms with Crippen LogP contribution in [-0.2, 0) is 15.6 Å². The summed E-state index contributed by atoms with van der Waals surface area (Å²) in [5.74, 6) is -0.310. The van der Waals surface area contributed by atoms with Gasteiger partial charge in [0.05, 0.1) is 12.7 Å². The van der Waals surface area contributed by atoms with Crippen LogP contribution in [0.4, 0.5) is 0 Å². The van der Waals surface area contributed by atoms with Gasteiger partial charge in [-0.05, 0) is 61.5 Å². The average molecular weight is 463 g/mol. The van der Waals surface area contributed by atoms with Gasteiger partial charge < -0.3 is 19.4 Å². The van der Waals surface area contributed by atoms with Crippen molar-refractivity contribution in [2.24, 2.45) is 5.92 Å². The van der Waals surface area contributed by atoms with Gasteiger partial charge in [0.1, 0.15) is 6.23 Å². The summed E-state index contributed by atoms with van der Waals surface area (Å²) in [6.45, 7) is 13.0. The van der Waals surface area contributed by atoms with E-state index < -0.39 is 25.8 Å². The molecule has 3 rings (SSSR count). The fraction of sp³-hybridized carbons (Fsp3) is 0.565. The van der Waals surface area contributed by atoms with E-state index in [0.29, 0.717) is 25.0 Å². The van der Waals surface area contributed by atoms with E-state index in [-0.39, 0.29) is 28.6 Å². The molecule has 0 spiro atoms. The number of benzene rings is 1. The van der Waals surface area contributed by atoms with Crippen molar-refractivity contribution >= 4 is 8.32 Å². The minimum absolute atomic E-state index is 0.0212. The maximum Gasteiger partial charge on any atom is 0.330 e. The quantitative estimate of drug-likeness (QED) is 0.448. The Hall–Kier alpha value is -2.36. The highest BCUT2D eigenvalue weighted by atomic mass is 28.4. The number of hydrogen-bond donors (Lipinski definition) is 3. The Bertz CT molecular complexity index is 1090. The molecule has 8 nitrogen and oxygen atoms in total. The number of phenolic OH excluding ortho intramolecular Hbond substituents is 2. The molecule has 1 aliphatic rings. The molecule has 2 aromatic rings. The molecular formula is C23H34N2O6Si. The van der Waals surface area contributed by atoms with Gasteiger partial charge in [0.15, 0.2) is 19.8 Å². The Balaban J connectivity index is 1.86. The minimum atomic E-state index is -2.01. The van der Waals surface area contributed by atoms with Crippen LogP contribution in [0, 0.1) is 12.8 Å². The molecule has 0 aliphatic carbocycles. The van der Waals surface area contributed by atoms with Crippen molar-refractivity contribution < 1.29 is 19.4 Å². The SMILES string of the molecule is Cc1cn([C@H]2C[C@H](Cc3ccc(O)c(O)c3)[C@@H](CO[Si](C)(C)C(C)(C)C)O2)c(=O)[nH]c1=O. The number of hydrogen-bond acceptors (Lipinski definition) is 6. The van der Waals surface area contributed by atoms with E-state index in [1.165, 1.54) is 16.8 Å². The number of phenols is 2. The van der Waals surface area contributed by atoms with Gasteiger partial charge in [-0.25, -0.2) is 4.79 Å². The second-order valence-electron chi connectivity index (χ2n) is 10.2. The van der Waals surface area contributed by atoms with Crippen LogP contribution in [0.15, 0.2) is 34.0 Å². The smallest absolute Gasteiger partial charge is 0.330 e. The number of aryl methyl sites for hydroxylation is 1. The van der Waals surface area contributed by atoms with Gasteiger partial charge in [-0.3, -0.25) is 14.3 Å². The lowest BCUT2D eigenvalue weighted by molar-refractivity contribution is -0.0300. The molecular weight excluding hydrogens is 428 g/mol. The highest BCUT2D eigenvalue weighted by Gasteiger charge is 2.41. The number of H-pyrrole nitrogens is 1. The standard InChI is InChI=1S/C23H34N2O6Si/c1-14-12-25(22(29)24-21(14)28)20-11-16(9-15-7-8-17(26)18(27)10-15)19(31-20)13-30-32(5,6)23(2,3)4/h7-8,10,12,16,19-20,26-27H,9,11,13H2,1-6H3,(H,24,28,29)/t16-,19+,20+/m0/s1. The zero-order valence-electron chi connectivity index (χ0n) is 19.6. The lowest BCUT2D eigenvalue weighted by Gasteiger charge is -2.37. The highest BCUT2D eigenvalue weighted by molar-refractivity contribution is 6.74. The molecule has 0 radical (unpaired) electrons. The van der Waals surface area contributed by atoms with E-state index in [1.807, 2.05) is 0 Å². The minimum Gasteiger partial charge on any atom is -0.504 e. The Morgan fingerprint density at radius 3 is 2.53 bits per heavy atom. The lowest BCUT2D eigenvalue weighted by Crippen LogP contribution is -2.43. The van der Waals surface area contributed by atoms with E-state index in [4.69, 9.17) is 9.16 Å². The number of nitrogens with one attached hydrogen (secondary N) is 1. The third-order valence-electron chi connectivity index (χ3n) is 6.77. The first-order chi connectivity index (χ1) is 14.8. The maximum atomic E-state index is 12.4. The lowest BCUT2D eigenvalue weighted by atomic mass is 9.92. The van der Waals surface area contributed by atoms with E-state index >= 15 is 0 Å². The van der Waals surface area contributed by atoms with Gasteiger partial charge in [-0.2, -0.15) is 0 Å². The van der Waals surface area contributed by atoms with Crippen LogP contribution in [0.5, 0.6) is 11.5 Å². The van der Waals surface area contributed by atoms with Crippen molar-refractivity contribution in [1.82, 2.24) is 9.55 Å². The largest absolute Gasteiger partial charge is 0.504 e. The molecule has 0 bridgehead atoms. The molecule has 3 atom stereocenters. The zero-order valence-corrected chi connectivity index (χ0v) is 20.6. The second kappa shape index (κ2) is 8.88. The molecule has 2 heterocycles. The molecule has 0 amide bonds. The summed E-state index contributed by atoms with van der Waals surface area (Å²) in [6.07, 6.45) is 1.89. The van der Waals surface area contributed by atoms with Gasteiger partial charge in [0.2, 0.25) is 0 Å². The maximum absolute atomic E-state index is 12.4. The third-order valence-corrected chi connectivity index (χ3v) is 11.3. The molecule has 1 aromatic heterocycles. The van der Waals surface area contributed by atoms with Crippen LogP contribution in [-0.4, -0.2) is 40.8 Å². The van der Waals surface area contributed by atoms with E-state index in [1.54, 1.807) is 19.1 Å². The molecule has 0 saturated carbocycles. The van der Waals surface area contributed by atoms with Crippen molar-refractivity contribution in [2.75, 3.05) is 6.61 Å². The molecule has 176 valence electrons. The number of aromatic nitrogens is 2. The number of aromatic amines is 1. The summed E-state index contributed by atoms with van der Waals surface area (Å²) in [4.78, 5) is 26.5. The first kappa shape index (κ1) is 24.3. The topological polar surface area (TPSA) is 114 Å². The van der Waals surface area contributed by atoms with E-state index in [0.717, 1.165) is 5.56 Å². The van der Waals surface area contributed by atoms with Crippen molar-refractivity contribution in [3.63, 3.8) is 0 Å². The summed E-state index contributed by atoms with van der Waals surface area (Å²) in [5.41, 5.74) is 0.391. The van der Waals surface area contributed by atoms with Crippen LogP contribution in [0.25, 0.3) is 0 Å². The summed E-state index contributed by atoms with van der Waals surface area (Å²) >= 11 is 0. The molecule has 9 heteroatoms. The molecule has 32 heavy (non-hydrogen) atoms. The number of aromatic hydroxyl groups is 2. The predicted octanol–water partition coefficient (Wildman–Crippen LogP) is 3.42. The van der Waals surface area contributed by atoms with Crippen molar-refractivity contribution in [3.8, 4) is 11.5 Å². The van der Waals surface area contributed by atoms with Crippen LogP contribution in [0.2, 0.25) is 18.1 Å². The molecule has 1 aliphatic heterocycles. The molecule has 1 fully saturated rings. The van der Waals surface area contributed by atoms with E-state index in [9.17, 15) is 19.8 Å². The third kappa shape index (κ3) is 5.16.